The molecule has 0 radical (unpaired) electrons. The van der Waals surface area contributed by atoms with E-state index in [1.165, 1.54) is 51.5 Å². The van der Waals surface area contributed by atoms with Gasteiger partial charge in [0, 0.05) is 18.6 Å². The van der Waals surface area contributed by atoms with Gasteiger partial charge in [-0.3, -0.25) is 0 Å². The molecule has 15 heavy (non-hydrogen) atoms. The van der Waals surface area contributed by atoms with Crippen molar-refractivity contribution in [2.45, 2.75) is 57.0 Å². The van der Waals surface area contributed by atoms with E-state index in [1.54, 1.807) is 0 Å². The minimum atomic E-state index is 0.784. The van der Waals surface area contributed by atoms with Gasteiger partial charge in [0.25, 0.3) is 0 Å². The van der Waals surface area contributed by atoms with Crippen LogP contribution in [0.3, 0.4) is 0 Å². The van der Waals surface area contributed by atoms with Crippen LogP contribution in [0, 0.1) is 5.92 Å². The molecule has 1 unspecified atom stereocenters. The summed E-state index contributed by atoms with van der Waals surface area (Å²) in [7, 11) is 4.46. The SMILES string of the molecule is CN(C)C(CNC1CCCCC1)C1CC1. The van der Waals surface area contributed by atoms with Crippen LogP contribution in [-0.4, -0.2) is 37.6 Å². The fourth-order valence-corrected chi connectivity index (χ4v) is 2.85. The molecule has 2 rings (SSSR count). The van der Waals surface area contributed by atoms with Crippen molar-refractivity contribution in [3.63, 3.8) is 0 Å². The zero-order valence-corrected chi connectivity index (χ0v) is 10.3. The predicted molar refractivity (Wildman–Crippen MR) is 65.1 cm³/mol. The van der Waals surface area contributed by atoms with Crippen LogP contribution in [0.4, 0.5) is 0 Å². The van der Waals surface area contributed by atoms with E-state index in [0.29, 0.717) is 0 Å². The summed E-state index contributed by atoms with van der Waals surface area (Å²) in [4.78, 5) is 2.41. The van der Waals surface area contributed by atoms with E-state index in [-0.39, 0.29) is 0 Å². The Hall–Kier alpha value is -0.0800. The minimum Gasteiger partial charge on any atom is -0.312 e. The Balaban J connectivity index is 1.69. The molecule has 0 aromatic rings. The molecule has 0 saturated heterocycles. The summed E-state index contributed by atoms with van der Waals surface area (Å²) in [5.41, 5.74) is 0. The molecular weight excluding hydrogens is 184 g/mol. The standard InChI is InChI=1S/C13H26N2/c1-15(2)13(11-8-9-11)10-14-12-6-4-3-5-7-12/h11-14H,3-10H2,1-2H3. The van der Waals surface area contributed by atoms with E-state index >= 15 is 0 Å². The Morgan fingerprint density at radius 2 is 1.73 bits per heavy atom. The highest BCUT2D eigenvalue weighted by molar-refractivity contribution is 4.88. The first-order valence-electron chi connectivity index (χ1n) is 6.67. The highest BCUT2D eigenvalue weighted by Crippen LogP contribution is 2.34. The van der Waals surface area contributed by atoms with Crippen LogP contribution >= 0.6 is 0 Å². The van der Waals surface area contributed by atoms with Gasteiger partial charge >= 0.3 is 0 Å². The van der Waals surface area contributed by atoms with Crippen molar-refractivity contribution >= 4 is 0 Å². The molecule has 1 N–H and O–H groups in total. The van der Waals surface area contributed by atoms with Gasteiger partial charge in [-0.25, -0.2) is 0 Å². The van der Waals surface area contributed by atoms with Crippen molar-refractivity contribution in [1.82, 2.24) is 10.2 Å². The second-order valence-corrected chi connectivity index (χ2v) is 5.61. The molecule has 88 valence electrons. The molecule has 2 heteroatoms. The quantitative estimate of drug-likeness (QED) is 0.749. The van der Waals surface area contributed by atoms with E-state index in [2.05, 4.69) is 24.3 Å². The van der Waals surface area contributed by atoms with Crippen LogP contribution in [0.5, 0.6) is 0 Å². The zero-order valence-electron chi connectivity index (χ0n) is 10.3. The first-order valence-corrected chi connectivity index (χ1v) is 6.67. The van der Waals surface area contributed by atoms with Crippen molar-refractivity contribution < 1.29 is 0 Å². The first kappa shape index (κ1) is 11.4. The lowest BCUT2D eigenvalue weighted by Gasteiger charge is -2.29. The second-order valence-electron chi connectivity index (χ2n) is 5.61. The van der Waals surface area contributed by atoms with Gasteiger partial charge in [-0.05, 0) is 45.7 Å². The molecular formula is C13H26N2. The Morgan fingerprint density at radius 3 is 2.27 bits per heavy atom. The third kappa shape index (κ3) is 3.46. The van der Waals surface area contributed by atoms with Crippen molar-refractivity contribution in [2.24, 2.45) is 5.92 Å². The van der Waals surface area contributed by atoms with Gasteiger partial charge in [0.15, 0.2) is 0 Å². The Bertz CT molecular complexity index is 179. The maximum atomic E-state index is 3.78. The smallest absolute Gasteiger partial charge is 0.0242 e. The molecule has 2 fully saturated rings. The summed E-state index contributed by atoms with van der Waals surface area (Å²) in [5.74, 6) is 0.982. The van der Waals surface area contributed by atoms with Crippen LogP contribution in [0.25, 0.3) is 0 Å². The summed E-state index contributed by atoms with van der Waals surface area (Å²) in [6.07, 6.45) is 10.1. The summed E-state index contributed by atoms with van der Waals surface area (Å²) < 4.78 is 0. The number of nitrogens with zero attached hydrogens (tertiary/aromatic N) is 1. The van der Waals surface area contributed by atoms with Gasteiger partial charge in [0.2, 0.25) is 0 Å². The van der Waals surface area contributed by atoms with E-state index in [0.717, 1.165) is 18.0 Å². The van der Waals surface area contributed by atoms with E-state index in [9.17, 15) is 0 Å². The normalized spacial score (nSPS) is 25.8. The average Bonchev–Trinajstić information content (AvgIpc) is 3.03. The monoisotopic (exact) mass is 210 g/mol. The number of likely N-dealkylation sites (N-methyl/N-ethyl adjacent to an activating group) is 1. The molecule has 0 amide bonds. The van der Waals surface area contributed by atoms with Gasteiger partial charge in [-0.1, -0.05) is 19.3 Å². The van der Waals surface area contributed by atoms with E-state index < -0.39 is 0 Å². The molecule has 0 heterocycles. The van der Waals surface area contributed by atoms with Crippen LogP contribution in [0.2, 0.25) is 0 Å². The van der Waals surface area contributed by atoms with Gasteiger partial charge < -0.3 is 10.2 Å². The van der Waals surface area contributed by atoms with Gasteiger partial charge in [0.1, 0.15) is 0 Å². The third-order valence-corrected chi connectivity index (χ3v) is 4.05. The molecule has 0 aromatic heterocycles. The highest BCUT2D eigenvalue weighted by atomic mass is 15.1. The molecule has 0 aliphatic heterocycles. The maximum Gasteiger partial charge on any atom is 0.0242 e. The highest BCUT2D eigenvalue weighted by Gasteiger charge is 2.32. The summed E-state index contributed by atoms with van der Waals surface area (Å²) in [6.45, 7) is 1.21. The summed E-state index contributed by atoms with van der Waals surface area (Å²) in [5, 5.41) is 3.78. The van der Waals surface area contributed by atoms with Crippen LogP contribution in [0.15, 0.2) is 0 Å². The molecule has 0 spiro atoms. The largest absolute Gasteiger partial charge is 0.312 e. The molecule has 2 nitrogen and oxygen atoms in total. The van der Waals surface area contributed by atoms with Gasteiger partial charge in [-0.15, -0.1) is 0 Å². The average molecular weight is 210 g/mol. The second kappa shape index (κ2) is 5.31. The molecule has 2 saturated carbocycles. The van der Waals surface area contributed by atoms with Crippen molar-refractivity contribution in [1.29, 1.82) is 0 Å². The Labute approximate surface area is 94.4 Å². The summed E-state index contributed by atoms with van der Waals surface area (Å²) >= 11 is 0. The van der Waals surface area contributed by atoms with E-state index in [1.807, 2.05) is 0 Å². The zero-order chi connectivity index (χ0) is 10.7. The van der Waals surface area contributed by atoms with Gasteiger partial charge in [-0.2, -0.15) is 0 Å². The van der Waals surface area contributed by atoms with Crippen molar-refractivity contribution in [3.05, 3.63) is 0 Å². The lowest BCUT2D eigenvalue weighted by Crippen LogP contribution is -2.43. The van der Waals surface area contributed by atoms with Gasteiger partial charge in [0.05, 0.1) is 0 Å². The topological polar surface area (TPSA) is 15.3 Å². The maximum absolute atomic E-state index is 3.78. The van der Waals surface area contributed by atoms with Crippen LogP contribution in [-0.2, 0) is 0 Å². The molecule has 0 aromatic carbocycles. The number of rotatable bonds is 5. The van der Waals surface area contributed by atoms with Crippen molar-refractivity contribution in [3.8, 4) is 0 Å². The molecule has 2 aliphatic rings. The predicted octanol–water partition coefficient (Wildman–Crippen LogP) is 2.25. The third-order valence-electron chi connectivity index (χ3n) is 4.05. The fourth-order valence-electron chi connectivity index (χ4n) is 2.85. The molecule has 1 atom stereocenters. The van der Waals surface area contributed by atoms with E-state index in [4.69, 9.17) is 0 Å². The summed E-state index contributed by atoms with van der Waals surface area (Å²) in [6, 6.07) is 1.60. The number of nitrogens with one attached hydrogen (secondary N) is 1. The lowest BCUT2D eigenvalue weighted by atomic mass is 9.95. The number of hydrogen-bond acceptors (Lipinski definition) is 2. The first-order chi connectivity index (χ1) is 7.27. The Kier molecular flexibility index (Phi) is 4.04. The van der Waals surface area contributed by atoms with Crippen molar-refractivity contribution in [2.75, 3.05) is 20.6 Å². The molecule has 0 bridgehead atoms. The molecule has 2 aliphatic carbocycles. The fraction of sp³-hybridized carbons (Fsp3) is 1.00. The minimum absolute atomic E-state index is 0.784. The number of hydrogen-bond donors (Lipinski definition) is 1. The lowest BCUT2D eigenvalue weighted by molar-refractivity contribution is 0.238. The van der Waals surface area contributed by atoms with Crippen LogP contribution in [0.1, 0.15) is 44.9 Å². The Morgan fingerprint density at radius 1 is 1.07 bits per heavy atom. The van der Waals surface area contributed by atoms with Crippen LogP contribution < -0.4 is 5.32 Å².